The number of aromatic carboxylic acids is 1. The van der Waals surface area contributed by atoms with Crippen molar-refractivity contribution in [2.24, 2.45) is 7.05 Å². The number of hydrogen-bond donors (Lipinski definition) is 4. The Balaban J connectivity index is 0.000000349. The molecule has 1 aliphatic heterocycles. The lowest BCUT2D eigenvalue weighted by atomic mass is 9.98. The molecule has 0 aliphatic carbocycles. The second kappa shape index (κ2) is 10.7. The molecule has 4 N–H and O–H groups in total. The van der Waals surface area contributed by atoms with E-state index in [2.05, 4.69) is 15.5 Å². The van der Waals surface area contributed by atoms with Crippen molar-refractivity contribution in [3.8, 4) is 39.7 Å². The van der Waals surface area contributed by atoms with Gasteiger partial charge in [0, 0.05) is 35.8 Å². The van der Waals surface area contributed by atoms with E-state index in [4.69, 9.17) is 19.7 Å². The number of aliphatic hydroxyl groups is 2. The van der Waals surface area contributed by atoms with Gasteiger partial charge in [0.15, 0.2) is 5.69 Å². The van der Waals surface area contributed by atoms with E-state index in [1.54, 1.807) is 30.4 Å². The average Bonchev–Trinajstić information content (AvgIpc) is 3.67. The molecule has 0 radical (unpaired) electrons. The van der Waals surface area contributed by atoms with Gasteiger partial charge in [0.2, 0.25) is 0 Å². The van der Waals surface area contributed by atoms with Crippen LogP contribution in [0.2, 0.25) is 0 Å². The zero-order valence-corrected chi connectivity index (χ0v) is 21.7. The summed E-state index contributed by atoms with van der Waals surface area (Å²) < 4.78 is 14.8. The number of carbonyl (C=O) groups is 1. The van der Waals surface area contributed by atoms with Crippen molar-refractivity contribution in [1.29, 1.82) is 0 Å². The van der Waals surface area contributed by atoms with E-state index in [9.17, 15) is 9.90 Å². The number of aliphatic hydroxyl groups excluding tert-OH is 2. The predicted octanol–water partition coefficient (Wildman–Crippen LogP) is 2.55. The molecule has 1 aromatic carbocycles. The maximum atomic E-state index is 11.8. The minimum Gasteiger partial charge on any atom is -0.496 e. The normalized spacial score (nSPS) is 12.2. The molecule has 5 rings (SSSR count). The van der Waals surface area contributed by atoms with Crippen molar-refractivity contribution < 1.29 is 29.6 Å². The number of rotatable bonds is 7. The van der Waals surface area contributed by atoms with E-state index in [0.29, 0.717) is 22.8 Å². The Hall–Kier alpha value is -3.71. The van der Waals surface area contributed by atoms with Crippen LogP contribution in [0.15, 0.2) is 41.2 Å². The molecule has 0 bridgehead atoms. The molecular weight excluding hydrogens is 498 g/mol. The molecule has 0 saturated carbocycles. The summed E-state index contributed by atoms with van der Waals surface area (Å²) in [7, 11) is 5.15. The van der Waals surface area contributed by atoms with Crippen LogP contribution in [0.5, 0.6) is 11.5 Å². The number of fused-ring (bicyclic) bond motifs is 3. The summed E-state index contributed by atoms with van der Waals surface area (Å²) in [6.45, 7) is 1.78. The first kappa shape index (κ1) is 26.4. The summed E-state index contributed by atoms with van der Waals surface area (Å²) in [5.74, 6) is 0.161. The van der Waals surface area contributed by atoms with Gasteiger partial charge in [-0.05, 0) is 37.6 Å². The number of carboxylic acid groups (broad SMARTS) is 1. The molecular formula is C25H29N5O6S. The summed E-state index contributed by atoms with van der Waals surface area (Å²) in [5.41, 5.74) is 3.83. The van der Waals surface area contributed by atoms with Crippen LogP contribution in [0.25, 0.3) is 28.2 Å². The summed E-state index contributed by atoms with van der Waals surface area (Å²) in [6.07, 6.45) is 1.86. The lowest BCUT2D eigenvalue weighted by Crippen LogP contribution is -2.46. The van der Waals surface area contributed by atoms with Gasteiger partial charge in [-0.15, -0.1) is 0 Å². The monoisotopic (exact) mass is 527 g/mol. The number of nitrogens with zero attached hydrogens (tertiary/aromatic N) is 4. The molecule has 0 saturated heterocycles. The van der Waals surface area contributed by atoms with Crippen molar-refractivity contribution in [3.05, 3.63) is 52.5 Å². The Morgan fingerprint density at radius 2 is 2.00 bits per heavy atom. The molecule has 0 fully saturated rings. The van der Waals surface area contributed by atoms with Gasteiger partial charge in [-0.2, -0.15) is 21.5 Å². The van der Waals surface area contributed by atoms with Crippen molar-refractivity contribution in [2.75, 3.05) is 27.4 Å². The third-order valence-electron chi connectivity index (χ3n) is 6.16. The number of aryl methyl sites for hydroxylation is 1. The smallest absolute Gasteiger partial charge is 0.356 e. The molecule has 4 heterocycles. The molecule has 0 atom stereocenters. The molecule has 0 spiro atoms. The quantitative estimate of drug-likeness (QED) is 0.285. The second-order valence-corrected chi connectivity index (χ2v) is 9.49. The highest BCUT2D eigenvalue weighted by Gasteiger charge is 2.31. The fraction of sp³-hybridized carbons (Fsp3) is 0.320. The van der Waals surface area contributed by atoms with Crippen LogP contribution in [0.1, 0.15) is 23.0 Å². The first-order valence-corrected chi connectivity index (χ1v) is 12.3. The Kier molecular flexibility index (Phi) is 7.64. The number of carboxylic acids is 1. The number of likely N-dealkylation sites (N-methyl/N-ethyl adjacent to an activating group) is 1. The summed E-state index contributed by atoms with van der Waals surface area (Å²) >= 11 is 1.52. The van der Waals surface area contributed by atoms with E-state index >= 15 is 0 Å². The third-order valence-corrected chi connectivity index (χ3v) is 6.83. The van der Waals surface area contributed by atoms with Crippen molar-refractivity contribution in [2.45, 2.75) is 19.1 Å². The second-order valence-electron chi connectivity index (χ2n) is 8.71. The highest BCUT2D eigenvalue weighted by atomic mass is 32.1. The van der Waals surface area contributed by atoms with E-state index in [1.807, 2.05) is 48.3 Å². The molecule has 12 heteroatoms. The fourth-order valence-electron chi connectivity index (χ4n) is 3.75. The van der Waals surface area contributed by atoms with Gasteiger partial charge in [0.25, 0.3) is 0 Å². The Bertz CT molecular complexity index is 1380. The van der Waals surface area contributed by atoms with Gasteiger partial charge in [0.1, 0.15) is 18.1 Å². The first-order chi connectivity index (χ1) is 17.7. The van der Waals surface area contributed by atoms with Crippen LogP contribution < -0.4 is 14.8 Å². The number of hydrogen-bond acceptors (Lipinski definition) is 9. The van der Waals surface area contributed by atoms with Gasteiger partial charge < -0.3 is 30.1 Å². The van der Waals surface area contributed by atoms with E-state index in [1.165, 1.54) is 11.3 Å². The van der Waals surface area contributed by atoms with Gasteiger partial charge in [-0.25, -0.2) is 9.48 Å². The molecule has 3 aromatic heterocycles. The van der Waals surface area contributed by atoms with Crippen LogP contribution >= 0.6 is 11.3 Å². The molecule has 4 aromatic rings. The number of benzene rings is 1. The third kappa shape index (κ3) is 5.09. The standard InChI is InChI=1S/C20H16N4O4S.C5H13NO2/c1-23-5-3-15(21-23)12-7-13-17(8-16(12)27-2)28-9-14-18(20(25)26)22-24(19(13)14)11-4-6-29-10-11;1-5(3-7,4-8)6-2/h3-8,10H,9H2,1-2H3,(H,25,26);6-8H,3-4H2,1-2H3. The average molecular weight is 528 g/mol. The predicted molar refractivity (Wildman–Crippen MR) is 139 cm³/mol. The zero-order valence-electron chi connectivity index (χ0n) is 20.9. The van der Waals surface area contributed by atoms with Crippen LogP contribution in [-0.2, 0) is 13.7 Å². The van der Waals surface area contributed by atoms with Crippen LogP contribution in [0.3, 0.4) is 0 Å². The Morgan fingerprint density at radius 1 is 1.24 bits per heavy atom. The minimum absolute atomic E-state index is 0.00736. The van der Waals surface area contributed by atoms with Crippen LogP contribution in [0.4, 0.5) is 0 Å². The fourth-order valence-corrected chi connectivity index (χ4v) is 4.37. The Labute approximate surface area is 217 Å². The number of thiophene rings is 1. The number of nitrogens with one attached hydrogen (secondary N) is 1. The maximum absolute atomic E-state index is 11.8. The molecule has 37 heavy (non-hydrogen) atoms. The van der Waals surface area contributed by atoms with Crippen LogP contribution in [-0.4, -0.2) is 73.8 Å². The molecule has 11 nitrogen and oxygen atoms in total. The molecule has 196 valence electrons. The summed E-state index contributed by atoms with van der Waals surface area (Å²) in [5, 5.41) is 42.3. The number of aromatic nitrogens is 4. The minimum atomic E-state index is -1.08. The summed E-state index contributed by atoms with van der Waals surface area (Å²) in [4.78, 5) is 11.8. The van der Waals surface area contributed by atoms with Gasteiger partial charge in [-0.3, -0.25) is 4.68 Å². The molecule has 0 amide bonds. The zero-order chi connectivity index (χ0) is 26.7. The van der Waals surface area contributed by atoms with Crippen LogP contribution in [0, 0.1) is 0 Å². The number of methoxy groups -OCH3 is 1. The van der Waals surface area contributed by atoms with Crippen molar-refractivity contribution >= 4 is 17.3 Å². The topological polar surface area (TPSA) is 144 Å². The lowest BCUT2D eigenvalue weighted by molar-refractivity contribution is 0.0687. The van der Waals surface area contributed by atoms with Gasteiger partial charge in [-0.1, -0.05) is 0 Å². The maximum Gasteiger partial charge on any atom is 0.356 e. The highest BCUT2D eigenvalue weighted by molar-refractivity contribution is 7.08. The highest BCUT2D eigenvalue weighted by Crippen LogP contribution is 2.45. The number of ether oxygens (including phenoxy) is 2. The molecule has 0 unspecified atom stereocenters. The van der Waals surface area contributed by atoms with Gasteiger partial charge >= 0.3 is 5.97 Å². The van der Waals surface area contributed by atoms with E-state index < -0.39 is 11.5 Å². The Morgan fingerprint density at radius 3 is 2.51 bits per heavy atom. The first-order valence-electron chi connectivity index (χ1n) is 11.4. The summed E-state index contributed by atoms with van der Waals surface area (Å²) in [6, 6.07) is 7.54. The van der Waals surface area contributed by atoms with Gasteiger partial charge in [0.05, 0.1) is 48.5 Å². The van der Waals surface area contributed by atoms with E-state index in [-0.39, 0.29) is 25.5 Å². The van der Waals surface area contributed by atoms with Crippen molar-refractivity contribution in [3.63, 3.8) is 0 Å². The lowest BCUT2D eigenvalue weighted by Gasteiger charge is -2.23. The van der Waals surface area contributed by atoms with E-state index in [0.717, 1.165) is 22.5 Å². The van der Waals surface area contributed by atoms with Crippen molar-refractivity contribution in [1.82, 2.24) is 24.9 Å². The largest absolute Gasteiger partial charge is 0.496 e. The SMILES string of the molecule is CNC(C)(CO)CO.COc1cc2c(cc1-c1ccn(C)n1)-c1c(c(C(=O)O)nn1-c1ccsc1)CO2. The molecule has 1 aliphatic rings.